The van der Waals surface area contributed by atoms with E-state index < -0.39 is 15.7 Å². The maximum absolute atomic E-state index is 13.0. The van der Waals surface area contributed by atoms with Crippen molar-refractivity contribution in [1.29, 1.82) is 0 Å². The number of likely N-dealkylation sites (tertiary alicyclic amines) is 1. The number of rotatable bonds is 5. The Morgan fingerprint density at radius 3 is 2.54 bits per heavy atom. The van der Waals surface area contributed by atoms with Crippen molar-refractivity contribution in [3.8, 4) is 0 Å². The first-order valence-electron chi connectivity index (χ1n) is 7.89. The molecule has 26 heavy (non-hydrogen) atoms. The summed E-state index contributed by atoms with van der Waals surface area (Å²) >= 11 is 10.7. The monoisotopic (exact) mass is 537 g/mol. The summed E-state index contributed by atoms with van der Waals surface area (Å²) in [5, 5.41) is 1.26. The second kappa shape index (κ2) is 7.25. The van der Waals surface area contributed by atoms with Crippen molar-refractivity contribution in [2.24, 2.45) is 5.92 Å². The molecule has 0 unspecified atom stereocenters. The van der Waals surface area contributed by atoms with Crippen LogP contribution in [0.4, 0.5) is 4.39 Å². The maximum atomic E-state index is 13.0. The van der Waals surface area contributed by atoms with Gasteiger partial charge in [0.15, 0.2) is 9.84 Å². The van der Waals surface area contributed by atoms with Gasteiger partial charge in [-0.05, 0) is 73.7 Å². The molecule has 1 aliphatic heterocycles. The molecule has 0 atom stereocenters. The molecule has 3 nitrogen and oxygen atoms in total. The summed E-state index contributed by atoms with van der Waals surface area (Å²) in [4.78, 5) is 2.46. The molecule has 1 aliphatic rings. The summed E-state index contributed by atoms with van der Waals surface area (Å²) in [6.07, 6.45) is 0. The van der Waals surface area contributed by atoms with Crippen LogP contribution in [0.2, 0.25) is 0 Å². The molecule has 1 aromatic carbocycles. The van der Waals surface area contributed by atoms with Gasteiger partial charge in [0.2, 0.25) is 0 Å². The Bertz CT molecular complexity index is 1050. The second-order valence-electron chi connectivity index (χ2n) is 6.40. The number of fused-ring (bicyclic) bond motifs is 1. The molecular weight excluding hydrogens is 525 g/mol. The van der Waals surface area contributed by atoms with Gasteiger partial charge in [-0.25, -0.2) is 12.8 Å². The predicted octanol–water partition coefficient (Wildman–Crippen LogP) is 5.53. The lowest BCUT2D eigenvalue weighted by Gasteiger charge is -2.39. The number of nitrogens with zero attached hydrogens (tertiary/aromatic N) is 1. The van der Waals surface area contributed by atoms with Crippen LogP contribution in [0, 0.1) is 11.7 Å². The summed E-state index contributed by atoms with van der Waals surface area (Å²) < 4.78 is 41.4. The van der Waals surface area contributed by atoms with Crippen LogP contribution in [0.1, 0.15) is 5.56 Å². The minimum Gasteiger partial charge on any atom is -0.298 e. The van der Waals surface area contributed by atoms with Gasteiger partial charge in [0.05, 0.1) is 22.2 Å². The first-order chi connectivity index (χ1) is 12.3. The third-order valence-corrected chi connectivity index (χ3v) is 10.1. The average Bonchev–Trinajstić information content (AvgIpc) is 3.02. The molecule has 3 aromatic rings. The van der Waals surface area contributed by atoms with E-state index in [0.717, 1.165) is 27.2 Å². The van der Waals surface area contributed by atoms with Crippen LogP contribution in [-0.4, -0.2) is 32.2 Å². The van der Waals surface area contributed by atoms with Gasteiger partial charge in [-0.15, -0.1) is 22.7 Å². The van der Waals surface area contributed by atoms with Crippen LogP contribution in [0.3, 0.4) is 0 Å². The first-order valence-corrected chi connectivity index (χ1v) is 12.8. The molecule has 1 saturated heterocycles. The van der Waals surface area contributed by atoms with Crippen LogP contribution in [0.5, 0.6) is 0 Å². The minimum atomic E-state index is -3.37. The molecule has 2 aromatic heterocycles. The third kappa shape index (κ3) is 3.79. The highest BCUT2D eigenvalue weighted by atomic mass is 79.9. The zero-order valence-electron chi connectivity index (χ0n) is 13.4. The molecule has 0 spiro atoms. The molecule has 0 bridgehead atoms. The van der Waals surface area contributed by atoms with E-state index in [4.69, 9.17) is 0 Å². The third-order valence-electron chi connectivity index (χ3n) is 4.46. The Morgan fingerprint density at radius 2 is 1.85 bits per heavy atom. The van der Waals surface area contributed by atoms with E-state index in [0.29, 0.717) is 0 Å². The lowest BCUT2D eigenvalue weighted by atomic mass is 10.0. The Morgan fingerprint density at radius 1 is 1.15 bits per heavy atom. The molecule has 0 radical (unpaired) electrons. The van der Waals surface area contributed by atoms with Crippen molar-refractivity contribution in [1.82, 2.24) is 4.90 Å². The lowest BCUT2D eigenvalue weighted by molar-refractivity contribution is 0.107. The fourth-order valence-corrected chi connectivity index (χ4v) is 9.05. The van der Waals surface area contributed by atoms with Crippen LogP contribution in [-0.2, 0) is 16.4 Å². The van der Waals surface area contributed by atoms with Crippen LogP contribution in [0.15, 0.2) is 42.8 Å². The standard InChI is InChI=1S/C17H14Br2FNO2S3/c18-15-5-13-14(16(19)25-17(13)24-15)8-21-6-10(7-21)9-26(22,23)12-3-1-11(20)2-4-12/h1-5,10H,6-9H2. The normalized spacial score (nSPS) is 16.3. The van der Waals surface area contributed by atoms with E-state index in [9.17, 15) is 12.8 Å². The maximum Gasteiger partial charge on any atom is 0.178 e. The number of hydrogen-bond acceptors (Lipinski definition) is 5. The number of sulfone groups is 1. The SMILES string of the molecule is O=S(=O)(CC1CN(Cc2c(Br)sc3sc(Br)cc23)C1)c1ccc(F)cc1. The molecule has 4 rings (SSSR count). The average molecular weight is 539 g/mol. The van der Waals surface area contributed by atoms with E-state index in [-0.39, 0.29) is 16.6 Å². The summed E-state index contributed by atoms with van der Waals surface area (Å²) in [6, 6.07) is 7.22. The topological polar surface area (TPSA) is 37.4 Å². The van der Waals surface area contributed by atoms with E-state index >= 15 is 0 Å². The van der Waals surface area contributed by atoms with Crippen molar-refractivity contribution < 1.29 is 12.8 Å². The van der Waals surface area contributed by atoms with E-state index in [1.54, 1.807) is 22.7 Å². The highest BCUT2D eigenvalue weighted by Crippen LogP contribution is 2.43. The van der Waals surface area contributed by atoms with Gasteiger partial charge >= 0.3 is 0 Å². The lowest BCUT2D eigenvalue weighted by Crippen LogP contribution is -2.48. The van der Waals surface area contributed by atoms with Crippen molar-refractivity contribution in [3.63, 3.8) is 0 Å². The van der Waals surface area contributed by atoms with Gasteiger partial charge in [0.1, 0.15) is 5.82 Å². The Labute approximate surface area is 176 Å². The van der Waals surface area contributed by atoms with Gasteiger partial charge < -0.3 is 0 Å². The zero-order chi connectivity index (χ0) is 18.5. The van der Waals surface area contributed by atoms with Crippen molar-refractivity contribution in [2.75, 3.05) is 18.8 Å². The minimum absolute atomic E-state index is 0.110. The molecule has 3 heterocycles. The van der Waals surface area contributed by atoms with E-state index in [1.807, 2.05) is 0 Å². The molecule has 0 aliphatic carbocycles. The number of benzene rings is 1. The Balaban J connectivity index is 1.39. The number of thiophene rings is 2. The van der Waals surface area contributed by atoms with Gasteiger partial charge in [0, 0.05) is 25.0 Å². The Hall–Kier alpha value is -0.320. The number of halogens is 3. The van der Waals surface area contributed by atoms with Crippen molar-refractivity contribution >= 4 is 73.8 Å². The van der Waals surface area contributed by atoms with Gasteiger partial charge in [0.25, 0.3) is 0 Å². The van der Waals surface area contributed by atoms with Crippen molar-refractivity contribution in [3.05, 3.63) is 49.3 Å². The van der Waals surface area contributed by atoms with Crippen molar-refractivity contribution in [2.45, 2.75) is 11.4 Å². The van der Waals surface area contributed by atoms with Crippen LogP contribution >= 0.6 is 54.5 Å². The predicted molar refractivity (Wildman–Crippen MR) is 112 cm³/mol. The van der Waals surface area contributed by atoms with E-state index in [2.05, 4.69) is 42.8 Å². The molecule has 9 heteroatoms. The quantitative estimate of drug-likeness (QED) is 0.401. The second-order valence-corrected chi connectivity index (χ2v) is 13.5. The number of hydrogen-bond donors (Lipinski definition) is 0. The summed E-state index contributed by atoms with van der Waals surface area (Å²) in [7, 11) is -3.37. The summed E-state index contributed by atoms with van der Waals surface area (Å²) in [5.74, 6) is -0.196. The molecular formula is C17H14Br2FNO2S3. The molecule has 138 valence electrons. The molecule has 1 fully saturated rings. The summed E-state index contributed by atoms with van der Waals surface area (Å²) in [6.45, 7) is 2.34. The van der Waals surface area contributed by atoms with Gasteiger partial charge in [-0.2, -0.15) is 0 Å². The fraction of sp³-hybridized carbons (Fsp3) is 0.294. The van der Waals surface area contributed by atoms with Gasteiger partial charge in [-0.1, -0.05) is 0 Å². The molecule has 0 amide bonds. The largest absolute Gasteiger partial charge is 0.298 e. The highest BCUT2D eigenvalue weighted by Gasteiger charge is 2.32. The molecule has 0 N–H and O–H groups in total. The first kappa shape index (κ1) is 19.0. The summed E-state index contributed by atoms with van der Waals surface area (Å²) in [5.41, 5.74) is 1.27. The van der Waals surface area contributed by atoms with Gasteiger partial charge in [-0.3, -0.25) is 4.90 Å². The smallest absolute Gasteiger partial charge is 0.178 e. The Kier molecular flexibility index (Phi) is 5.31. The van der Waals surface area contributed by atoms with E-state index in [1.165, 1.54) is 39.2 Å². The zero-order valence-corrected chi connectivity index (χ0v) is 19.0. The molecule has 0 saturated carbocycles. The van der Waals surface area contributed by atoms with Crippen LogP contribution in [0.25, 0.3) is 9.40 Å². The van der Waals surface area contributed by atoms with Crippen LogP contribution < -0.4 is 0 Å². The highest BCUT2D eigenvalue weighted by molar-refractivity contribution is 9.11. The fourth-order valence-electron chi connectivity index (χ4n) is 3.21.